The van der Waals surface area contributed by atoms with Gasteiger partial charge in [-0.05, 0) is 61.9 Å². The number of rotatable bonds is 2. The summed E-state index contributed by atoms with van der Waals surface area (Å²) in [6.07, 6.45) is 4.33. The van der Waals surface area contributed by atoms with Crippen LogP contribution in [0.1, 0.15) is 24.3 Å². The number of hydrogen-bond acceptors (Lipinski definition) is 3. The van der Waals surface area contributed by atoms with Crippen LogP contribution in [0.4, 0.5) is 0 Å². The highest BCUT2D eigenvalue weighted by molar-refractivity contribution is 7.98. The van der Waals surface area contributed by atoms with Gasteiger partial charge in [0, 0.05) is 4.90 Å². The fraction of sp³-hybridized carbons (Fsp3) is 0.500. The lowest BCUT2D eigenvalue weighted by molar-refractivity contribution is 0.424. The van der Waals surface area contributed by atoms with Crippen LogP contribution in [0.15, 0.2) is 23.1 Å². The predicted octanol–water partition coefficient (Wildman–Crippen LogP) is 2.58. The Morgan fingerprint density at radius 2 is 2.07 bits per heavy atom. The van der Waals surface area contributed by atoms with Crippen LogP contribution in [-0.2, 0) is 0 Å². The van der Waals surface area contributed by atoms with Crippen LogP contribution in [0.25, 0.3) is 0 Å². The number of aromatic hydroxyl groups is 1. The second-order valence-electron chi connectivity index (χ2n) is 3.95. The van der Waals surface area contributed by atoms with Gasteiger partial charge in [-0.25, -0.2) is 0 Å². The molecule has 0 amide bonds. The molecule has 2 rings (SSSR count). The molecule has 1 aliphatic heterocycles. The molecular weight excluding hydrogens is 206 g/mol. The third-order valence-electron chi connectivity index (χ3n) is 3.01. The molecule has 1 saturated heterocycles. The zero-order valence-electron chi connectivity index (χ0n) is 8.99. The maximum atomic E-state index is 9.85. The molecule has 0 unspecified atom stereocenters. The summed E-state index contributed by atoms with van der Waals surface area (Å²) in [5.41, 5.74) is 1.13. The summed E-state index contributed by atoms with van der Waals surface area (Å²) in [5, 5.41) is 13.2. The first kappa shape index (κ1) is 10.8. The van der Waals surface area contributed by atoms with Gasteiger partial charge in [-0.3, -0.25) is 0 Å². The monoisotopic (exact) mass is 223 g/mol. The minimum absolute atomic E-state index is 0.458. The van der Waals surface area contributed by atoms with E-state index >= 15 is 0 Å². The van der Waals surface area contributed by atoms with E-state index in [9.17, 15) is 5.11 Å². The minimum Gasteiger partial charge on any atom is -0.508 e. The van der Waals surface area contributed by atoms with Gasteiger partial charge in [0.1, 0.15) is 5.75 Å². The van der Waals surface area contributed by atoms with Crippen molar-refractivity contribution in [2.45, 2.75) is 23.7 Å². The van der Waals surface area contributed by atoms with E-state index in [4.69, 9.17) is 0 Å². The number of thioether (sulfide) groups is 1. The first-order valence-corrected chi connectivity index (χ1v) is 6.61. The van der Waals surface area contributed by atoms with Crippen LogP contribution in [0.3, 0.4) is 0 Å². The van der Waals surface area contributed by atoms with Gasteiger partial charge in [-0.1, -0.05) is 0 Å². The fourth-order valence-electron chi connectivity index (χ4n) is 2.12. The van der Waals surface area contributed by atoms with Crippen LogP contribution in [-0.4, -0.2) is 24.5 Å². The van der Waals surface area contributed by atoms with Crippen LogP contribution in [0.5, 0.6) is 5.75 Å². The van der Waals surface area contributed by atoms with Crippen LogP contribution < -0.4 is 5.32 Å². The van der Waals surface area contributed by atoms with E-state index in [0.29, 0.717) is 11.7 Å². The Bertz CT molecular complexity index is 334. The zero-order valence-corrected chi connectivity index (χ0v) is 9.81. The number of nitrogens with one attached hydrogen (secondary N) is 1. The van der Waals surface area contributed by atoms with Crippen molar-refractivity contribution in [1.29, 1.82) is 0 Å². The van der Waals surface area contributed by atoms with Crippen molar-refractivity contribution in [2.24, 2.45) is 0 Å². The number of phenolic OH excluding ortho intramolecular Hbond substituents is 1. The van der Waals surface area contributed by atoms with E-state index < -0.39 is 0 Å². The van der Waals surface area contributed by atoms with Crippen molar-refractivity contribution in [3.8, 4) is 5.75 Å². The molecule has 0 atom stereocenters. The van der Waals surface area contributed by atoms with E-state index in [1.165, 1.54) is 4.90 Å². The molecule has 1 fully saturated rings. The molecule has 15 heavy (non-hydrogen) atoms. The Balaban J connectivity index is 2.24. The standard InChI is InChI=1S/C12H17NOS/c1-15-10-2-3-12(14)11(8-10)9-4-6-13-7-5-9/h2-3,8-9,13-14H,4-7H2,1H3. The minimum atomic E-state index is 0.458. The van der Waals surface area contributed by atoms with Crippen LogP contribution in [0.2, 0.25) is 0 Å². The van der Waals surface area contributed by atoms with E-state index in [1.807, 2.05) is 12.1 Å². The Labute approximate surface area is 95.1 Å². The van der Waals surface area contributed by atoms with Crippen molar-refractivity contribution >= 4 is 11.8 Å². The molecule has 0 radical (unpaired) electrons. The molecule has 1 aliphatic rings. The summed E-state index contributed by atoms with van der Waals surface area (Å²) in [4.78, 5) is 1.24. The Morgan fingerprint density at radius 3 is 2.73 bits per heavy atom. The lowest BCUT2D eigenvalue weighted by atomic mass is 9.90. The summed E-state index contributed by atoms with van der Waals surface area (Å²) in [6, 6.07) is 5.93. The van der Waals surface area contributed by atoms with E-state index in [2.05, 4.69) is 17.6 Å². The maximum absolute atomic E-state index is 9.85. The molecule has 1 aromatic rings. The molecule has 1 aromatic carbocycles. The zero-order chi connectivity index (χ0) is 10.7. The van der Waals surface area contributed by atoms with Crippen molar-refractivity contribution in [3.05, 3.63) is 23.8 Å². The average Bonchev–Trinajstić information content (AvgIpc) is 2.31. The second-order valence-corrected chi connectivity index (χ2v) is 4.83. The van der Waals surface area contributed by atoms with Gasteiger partial charge in [-0.15, -0.1) is 11.8 Å². The molecule has 0 saturated carbocycles. The van der Waals surface area contributed by atoms with Gasteiger partial charge in [0.25, 0.3) is 0 Å². The van der Waals surface area contributed by atoms with Gasteiger partial charge in [0.15, 0.2) is 0 Å². The first-order chi connectivity index (χ1) is 7.31. The molecule has 0 aliphatic carbocycles. The average molecular weight is 223 g/mol. The van der Waals surface area contributed by atoms with E-state index in [-0.39, 0.29) is 0 Å². The second kappa shape index (κ2) is 4.90. The van der Waals surface area contributed by atoms with Crippen molar-refractivity contribution < 1.29 is 5.11 Å². The Hall–Kier alpha value is -0.670. The molecule has 82 valence electrons. The van der Waals surface area contributed by atoms with Gasteiger partial charge in [-0.2, -0.15) is 0 Å². The number of benzene rings is 1. The van der Waals surface area contributed by atoms with Crippen LogP contribution >= 0.6 is 11.8 Å². The fourth-order valence-corrected chi connectivity index (χ4v) is 2.57. The molecule has 1 heterocycles. The summed E-state index contributed by atoms with van der Waals surface area (Å²) in [6.45, 7) is 2.13. The molecule has 0 bridgehead atoms. The van der Waals surface area contributed by atoms with Crippen molar-refractivity contribution in [1.82, 2.24) is 5.32 Å². The van der Waals surface area contributed by atoms with Crippen molar-refractivity contribution in [2.75, 3.05) is 19.3 Å². The summed E-state index contributed by atoms with van der Waals surface area (Å²) >= 11 is 1.73. The van der Waals surface area contributed by atoms with Crippen LogP contribution in [0, 0.1) is 0 Å². The molecule has 0 spiro atoms. The Morgan fingerprint density at radius 1 is 1.33 bits per heavy atom. The normalized spacial score (nSPS) is 17.9. The lowest BCUT2D eigenvalue weighted by Gasteiger charge is -2.24. The SMILES string of the molecule is CSc1ccc(O)c(C2CCNCC2)c1. The topological polar surface area (TPSA) is 32.3 Å². The van der Waals surface area contributed by atoms with Gasteiger partial charge < -0.3 is 10.4 Å². The summed E-state index contributed by atoms with van der Waals surface area (Å²) in [7, 11) is 0. The summed E-state index contributed by atoms with van der Waals surface area (Å²) < 4.78 is 0. The van der Waals surface area contributed by atoms with E-state index in [0.717, 1.165) is 31.5 Å². The largest absolute Gasteiger partial charge is 0.508 e. The molecule has 0 aromatic heterocycles. The highest BCUT2D eigenvalue weighted by atomic mass is 32.2. The van der Waals surface area contributed by atoms with Gasteiger partial charge >= 0.3 is 0 Å². The molecule has 2 N–H and O–H groups in total. The molecule has 2 nitrogen and oxygen atoms in total. The lowest BCUT2D eigenvalue weighted by Crippen LogP contribution is -2.26. The van der Waals surface area contributed by atoms with Crippen molar-refractivity contribution in [3.63, 3.8) is 0 Å². The summed E-state index contributed by atoms with van der Waals surface area (Å²) in [5.74, 6) is 0.984. The number of piperidine rings is 1. The first-order valence-electron chi connectivity index (χ1n) is 5.39. The third-order valence-corrected chi connectivity index (χ3v) is 3.74. The maximum Gasteiger partial charge on any atom is 0.119 e. The molecular formula is C12H17NOS. The van der Waals surface area contributed by atoms with Gasteiger partial charge in [0.05, 0.1) is 0 Å². The highest BCUT2D eigenvalue weighted by Gasteiger charge is 2.18. The predicted molar refractivity (Wildman–Crippen MR) is 64.7 cm³/mol. The van der Waals surface area contributed by atoms with Gasteiger partial charge in [0.2, 0.25) is 0 Å². The quantitative estimate of drug-likeness (QED) is 0.756. The third kappa shape index (κ3) is 2.47. The number of phenols is 1. The molecule has 3 heteroatoms. The number of hydrogen-bond donors (Lipinski definition) is 2. The Kier molecular flexibility index (Phi) is 3.54. The van der Waals surface area contributed by atoms with E-state index in [1.54, 1.807) is 11.8 Å². The highest BCUT2D eigenvalue weighted by Crippen LogP contribution is 2.34. The smallest absolute Gasteiger partial charge is 0.119 e.